The van der Waals surface area contributed by atoms with Crippen LogP contribution in [0.1, 0.15) is 6.04 Å². The van der Waals surface area contributed by atoms with E-state index < -0.39 is 0 Å². The standard InChI is InChI=1S/C8H11BrN4O/c9-3-8(14)12-7-1-2-11-13(7)6-4-10-5-6/h1-2,6,10H,3-5H2,(H,12,14). The SMILES string of the molecule is O=C(CBr)Nc1ccnn1C1CNC1. The Morgan fingerprint density at radius 1 is 1.79 bits per heavy atom. The predicted molar refractivity (Wildman–Crippen MR) is 56.6 cm³/mol. The van der Waals surface area contributed by atoms with Crippen molar-refractivity contribution in [3.63, 3.8) is 0 Å². The zero-order valence-electron chi connectivity index (χ0n) is 7.53. The second-order valence-electron chi connectivity index (χ2n) is 3.15. The summed E-state index contributed by atoms with van der Waals surface area (Å²) in [5.41, 5.74) is 0. The molecule has 5 nitrogen and oxygen atoms in total. The molecule has 1 aliphatic rings. The quantitative estimate of drug-likeness (QED) is 0.770. The van der Waals surface area contributed by atoms with Gasteiger partial charge in [-0.1, -0.05) is 15.9 Å². The number of carbonyl (C=O) groups is 1. The summed E-state index contributed by atoms with van der Waals surface area (Å²) in [7, 11) is 0. The van der Waals surface area contributed by atoms with Crippen LogP contribution in [0, 0.1) is 0 Å². The van der Waals surface area contributed by atoms with Crippen LogP contribution in [0.15, 0.2) is 12.3 Å². The number of amides is 1. The molecule has 0 saturated carbocycles. The van der Waals surface area contributed by atoms with Gasteiger partial charge < -0.3 is 10.6 Å². The molecular formula is C8H11BrN4O. The van der Waals surface area contributed by atoms with Crippen LogP contribution < -0.4 is 10.6 Å². The molecule has 0 atom stereocenters. The average molecular weight is 259 g/mol. The summed E-state index contributed by atoms with van der Waals surface area (Å²) in [6.45, 7) is 1.83. The van der Waals surface area contributed by atoms with E-state index in [9.17, 15) is 4.79 Å². The lowest BCUT2D eigenvalue weighted by atomic mass is 10.2. The van der Waals surface area contributed by atoms with Crippen LogP contribution in [-0.2, 0) is 4.79 Å². The number of carbonyl (C=O) groups excluding carboxylic acids is 1. The Morgan fingerprint density at radius 2 is 2.57 bits per heavy atom. The van der Waals surface area contributed by atoms with Gasteiger partial charge in [0.05, 0.1) is 17.6 Å². The Balaban J connectivity index is 2.08. The molecule has 0 aliphatic carbocycles. The zero-order chi connectivity index (χ0) is 9.97. The van der Waals surface area contributed by atoms with Crippen LogP contribution in [-0.4, -0.2) is 34.1 Å². The summed E-state index contributed by atoms with van der Waals surface area (Å²) in [5, 5.41) is 10.4. The van der Waals surface area contributed by atoms with E-state index in [4.69, 9.17) is 0 Å². The fraction of sp³-hybridized carbons (Fsp3) is 0.500. The third-order valence-corrected chi connectivity index (χ3v) is 2.67. The molecule has 6 heteroatoms. The minimum atomic E-state index is -0.0565. The first-order valence-electron chi connectivity index (χ1n) is 4.41. The number of rotatable bonds is 3. The summed E-state index contributed by atoms with van der Waals surface area (Å²) in [6.07, 6.45) is 1.70. The number of nitrogens with one attached hydrogen (secondary N) is 2. The molecule has 1 fully saturated rings. The van der Waals surface area contributed by atoms with Gasteiger partial charge in [0.2, 0.25) is 5.91 Å². The molecule has 2 N–H and O–H groups in total. The summed E-state index contributed by atoms with van der Waals surface area (Å²) in [4.78, 5) is 11.1. The minimum absolute atomic E-state index is 0.0565. The number of hydrogen-bond acceptors (Lipinski definition) is 3. The van der Waals surface area contributed by atoms with E-state index in [0.29, 0.717) is 11.4 Å². The molecule has 2 rings (SSSR count). The van der Waals surface area contributed by atoms with E-state index in [1.165, 1.54) is 0 Å². The smallest absolute Gasteiger partial charge is 0.236 e. The maximum absolute atomic E-state index is 11.1. The molecule has 2 heterocycles. The van der Waals surface area contributed by atoms with Crippen molar-refractivity contribution >= 4 is 27.7 Å². The minimum Gasteiger partial charge on any atom is -0.312 e. The lowest BCUT2D eigenvalue weighted by Gasteiger charge is -2.28. The summed E-state index contributed by atoms with van der Waals surface area (Å²) < 4.78 is 1.84. The molecule has 14 heavy (non-hydrogen) atoms. The fourth-order valence-corrected chi connectivity index (χ4v) is 1.47. The predicted octanol–water partition coefficient (Wildman–Crippen LogP) is 0.361. The molecule has 1 amide bonds. The number of alkyl halides is 1. The second kappa shape index (κ2) is 4.10. The van der Waals surface area contributed by atoms with E-state index in [1.54, 1.807) is 12.3 Å². The Kier molecular flexibility index (Phi) is 2.83. The van der Waals surface area contributed by atoms with Crippen molar-refractivity contribution < 1.29 is 4.79 Å². The van der Waals surface area contributed by atoms with Crippen LogP contribution >= 0.6 is 15.9 Å². The van der Waals surface area contributed by atoms with E-state index in [-0.39, 0.29) is 5.91 Å². The first-order valence-corrected chi connectivity index (χ1v) is 5.53. The molecule has 1 aromatic heterocycles. The van der Waals surface area contributed by atoms with E-state index >= 15 is 0 Å². The van der Waals surface area contributed by atoms with Crippen LogP contribution in [0.5, 0.6) is 0 Å². The fourth-order valence-electron chi connectivity index (χ4n) is 1.33. The summed E-state index contributed by atoms with van der Waals surface area (Å²) in [6, 6.07) is 2.18. The van der Waals surface area contributed by atoms with Crippen molar-refractivity contribution in [2.45, 2.75) is 6.04 Å². The molecule has 0 bridgehead atoms. The van der Waals surface area contributed by atoms with Gasteiger partial charge in [-0.25, -0.2) is 4.68 Å². The zero-order valence-corrected chi connectivity index (χ0v) is 9.12. The lowest BCUT2D eigenvalue weighted by Crippen LogP contribution is -2.44. The monoisotopic (exact) mass is 258 g/mol. The van der Waals surface area contributed by atoms with Crippen molar-refractivity contribution in [3.8, 4) is 0 Å². The van der Waals surface area contributed by atoms with Crippen LogP contribution in [0.25, 0.3) is 0 Å². The van der Waals surface area contributed by atoms with Gasteiger partial charge in [-0.2, -0.15) is 5.10 Å². The number of anilines is 1. The molecule has 0 spiro atoms. The highest BCUT2D eigenvalue weighted by atomic mass is 79.9. The van der Waals surface area contributed by atoms with Gasteiger partial charge in [-0.05, 0) is 0 Å². The summed E-state index contributed by atoms with van der Waals surface area (Å²) >= 11 is 3.10. The molecule has 0 unspecified atom stereocenters. The summed E-state index contributed by atoms with van der Waals surface area (Å²) in [5.74, 6) is 0.708. The third kappa shape index (κ3) is 1.80. The first-order chi connectivity index (χ1) is 6.81. The number of nitrogens with zero attached hydrogens (tertiary/aromatic N) is 2. The molecule has 1 saturated heterocycles. The van der Waals surface area contributed by atoms with Gasteiger partial charge >= 0.3 is 0 Å². The van der Waals surface area contributed by atoms with E-state index in [1.807, 2.05) is 4.68 Å². The second-order valence-corrected chi connectivity index (χ2v) is 3.72. The van der Waals surface area contributed by atoms with Crippen molar-refractivity contribution in [1.82, 2.24) is 15.1 Å². The Hall–Kier alpha value is -0.880. The molecular weight excluding hydrogens is 248 g/mol. The number of aromatic nitrogens is 2. The van der Waals surface area contributed by atoms with Gasteiger partial charge in [0.25, 0.3) is 0 Å². The lowest BCUT2D eigenvalue weighted by molar-refractivity contribution is -0.113. The average Bonchev–Trinajstić information content (AvgIpc) is 2.50. The largest absolute Gasteiger partial charge is 0.312 e. The Labute approximate surface area is 90.0 Å². The highest BCUT2D eigenvalue weighted by molar-refractivity contribution is 9.09. The van der Waals surface area contributed by atoms with E-state index in [2.05, 4.69) is 31.7 Å². The van der Waals surface area contributed by atoms with Gasteiger partial charge in [0, 0.05) is 19.2 Å². The molecule has 0 radical (unpaired) electrons. The van der Waals surface area contributed by atoms with Crippen LogP contribution in [0.3, 0.4) is 0 Å². The number of hydrogen-bond donors (Lipinski definition) is 2. The molecule has 1 aliphatic heterocycles. The Bertz CT molecular complexity index is 334. The first kappa shape index (κ1) is 9.67. The Morgan fingerprint density at radius 3 is 3.14 bits per heavy atom. The number of halogens is 1. The maximum Gasteiger partial charge on any atom is 0.236 e. The highest BCUT2D eigenvalue weighted by Crippen LogP contribution is 2.17. The van der Waals surface area contributed by atoms with Crippen LogP contribution in [0.2, 0.25) is 0 Å². The maximum atomic E-state index is 11.1. The normalized spacial score (nSPS) is 16.4. The third-order valence-electron chi connectivity index (χ3n) is 2.16. The highest BCUT2D eigenvalue weighted by Gasteiger charge is 2.21. The van der Waals surface area contributed by atoms with Gasteiger partial charge in [0.15, 0.2) is 0 Å². The van der Waals surface area contributed by atoms with Crippen molar-refractivity contribution in [2.24, 2.45) is 0 Å². The van der Waals surface area contributed by atoms with Crippen molar-refractivity contribution in [2.75, 3.05) is 23.7 Å². The molecule has 1 aromatic rings. The van der Waals surface area contributed by atoms with Gasteiger partial charge in [-0.3, -0.25) is 4.79 Å². The van der Waals surface area contributed by atoms with E-state index in [0.717, 1.165) is 18.9 Å². The van der Waals surface area contributed by atoms with Gasteiger partial charge in [-0.15, -0.1) is 0 Å². The van der Waals surface area contributed by atoms with Crippen molar-refractivity contribution in [3.05, 3.63) is 12.3 Å². The van der Waals surface area contributed by atoms with Crippen LogP contribution in [0.4, 0.5) is 5.82 Å². The topological polar surface area (TPSA) is 59.0 Å². The van der Waals surface area contributed by atoms with Gasteiger partial charge in [0.1, 0.15) is 5.82 Å². The molecule has 76 valence electrons. The molecule has 0 aromatic carbocycles. The van der Waals surface area contributed by atoms with Crippen molar-refractivity contribution in [1.29, 1.82) is 0 Å².